The van der Waals surface area contributed by atoms with Crippen LogP contribution in [0.25, 0.3) is 0 Å². The lowest BCUT2D eigenvalue weighted by Crippen LogP contribution is -2.53. The van der Waals surface area contributed by atoms with E-state index >= 15 is 0 Å². The number of amides is 1. The molecule has 0 aliphatic heterocycles. The van der Waals surface area contributed by atoms with Crippen LogP contribution in [0.3, 0.4) is 0 Å². The molecule has 1 atom stereocenters. The van der Waals surface area contributed by atoms with E-state index in [1.54, 1.807) is 0 Å². The molecule has 0 aromatic carbocycles. The summed E-state index contributed by atoms with van der Waals surface area (Å²) in [4.78, 5) is 16.4. The van der Waals surface area contributed by atoms with E-state index in [1.807, 2.05) is 27.7 Å². The Balaban J connectivity index is 0.00000264. The lowest BCUT2D eigenvalue weighted by Gasteiger charge is -2.29. The molecule has 132 valence electrons. The van der Waals surface area contributed by atoms with Crippen LogP contribution in [0, 0.1) is 5.92 Å². The minimum absolute atomic E-state index is 0. The predicted molar refractivity (Wildman–Crippen MR) is 91.5 cm³/mol. The van der Waals surface area contributed by atoms with Crippen LogP contribution in [-0.2, 0) is 16.6 Å². The molecule has 1 aromatic heterocycles. The van der Waals surface area contributed by atoms with E-state index in [0.29, 0.717) is 43.4 Å². The number of nitrogens with zero attached hydrogens (tertiary/aromatic N) is 2. The van der Waals surface area contributed by atoms with Gasteiger partial charge in [-0.15, -0.1) is 12.4 Å². The quantitative estimate of drug-likeness (QED) is 0.791. The van der Waals surface area contributed by atoms with Crippen LogP contribution in [0.1, 0.15) is 65.1 Å². The van der Waals surface area contributed by atoms with Crippen molar-refractivity contribution in [3.63, 3.8) is 0 Å². The monoisotopic (exact) mass is 344 g/mol. The van der Waals surface area contributed by atoms with Gasteiger partial charge in [-0.3, -0.25) is 4.79 Å². The molecule has 1 amide bonds. The van der Waals surface area contributed by atoms with E-state index in [1.165, 1.54) is 0 Å². The Hall–Kier alpha value is -1.14. The molecule has 0 saturated heterocycles. The molecule has 1 unspecified atom stereocenters. The van der Waals surface area contributed by atoms with Gasteiger partial charge in [0, 0.05) is 24.8 Å². The largest absolute Gasteiger partial charge is 0.349 e. The van der Waals surface area contributed by atoms with Gasteiger partial charge in [-0.25, -0.2) is 0 Å². The Kier molecular flexibility index (Phi) is 6.59. The average Bonchev–Trinajstić information content (AvgIpc) is 3.18. The van der Waals surface area contributed by atoms with Crippen LogP contribution in [-0.4, -0.2) is 28.1 Å². The first-order chi connectivity index (χ1) is 10.2. The Labute approximate surface area is 144 Å². The highest BCUT2D eigenvalue weighted by Crippen LogP contribution is 2.39. The third-order valence-electron chi connectivity index (χ3n) is 4.26. The van der Waals surface area contributed by atoms with Crippen LogP contribution in [0.15, 0.2) is 4.52 Å². The van der Waals surface area contributed by atoms with Gasteiger partial charge in [0.25, 0.3) is 0 Å². The smallest absolute Gasteiger partial charge is 0.226 e. The van der Waals surface area contributed by atoms with Crippen LogP contribution in [0.5, 0.6) is 0 Å². The maximum Gasteiger partial charge on any atom is 0.226 e. The molecule has 0 spiro atoms. The molecule has 1 saturated carbocycles. The Morgan fingerprint density at radius 2 is 2.00 bits per heavy atom. The number of carbonyl (C=O) groups excluding carboxylic acids is 1. The third kappa shape index (κ3) is 5.46. The molecule has 1 aromatic rings. The number of rotatable bonds is 7. The number of carbonyl (C=O) groups is 1. The van der Waals surface area contributed by atoms with Crippen molar-refractivity contribution in [1.29, 1.82) is 0 Å². The summed E-state index contributed by atoms with van der Waals surface area (Å²) in [6.45, 7) is 8.65. The fourth-order valence-electron chi connectivity index (χ4n) is 2.48. The number of nitrogens with one attached hydrogen (secondary N) is 1. The van der Waals surface area contributed by atoms with E-state index in [0.717, 1.165) is 12.8 Å². The second-order valence-electron chi connectivity index (χ2n) is 7.56. The van der Waals surface area contributed by atoms with Crippen LogP contribution >= 0.6 is 12.4 Å². The Morgan fingerprint density at radius 3 is 2.48 bits per heavy atom. The second-order valence-corrected chi connectivity index (χ2v) is 7.56. The lowest BCUT2D eigenvalue weighted by atomic mass is 9.95. The van der Waals surface area contributed by atoms with Crippen molar-refractivity contribution < 1.29 is 9.32 Å². The van der Waals surface area contributed by atoms with E-state index in [4.69, 9.17) is 10.3 Å². The van der Waals surface area contributed by atoms with Gasteiger partial charge in [0.2, 0.25) is 11.8 Å². The third-order valence-corrected chi connectivity index (χ3v) is 4.26. The number of aryl methyl sites for hydroxylation is 1. The minimum atomic E-state index is -0.249. The fourth-order valence-corrected chi connectivity index (χ4v) is 2.48. The molecule has 0 radical (unpaired) electrons. The zero-order chi connectivity index (χ0) is 16.4. The maximum absolute atomic E-state index is 12.1. The summed E-state index contributed by atoms with van der Waals surface area (Å²) in [5, 5.41) is 7.08. The van der Waals surface area contributed by atoms with Gasteiger partial charge in [-0.1, -0.05) is 25.9 Å². The van der Waals surface area contributed by atoms with E-state index in [-0.39, 0.29) is 29.3 Å². The van der Waals surface area contributed by atoms with E-state index in [9.17, 15) is 4.79 Å². The summed E-state index contributed by atoms with van der Waals surface area (Å²) in [6.07, 6.45) is 4.09. The highest BCUT2D eigenvalue weighted by atomic mass is 35.5. The normalized spacial score (nSPS) is 17.3. The zero-order valence-corrected chi connectivity index (χ0v) is 15.3. The van der Waals surface area contributed by atoms with Crippen molar-refractivity contribution in [2.45, 2.75) is 70.8 Å². The molecule has 6 nitrogen and oxygen atoms in total. The first-order valence-electron chi connectivity index (χ1n) is 8.09. The number of aromatic nitrogens is 2. The van der Waals surface area contributed by atoms with Gasteiger partial charge in [-0.05, 0) is 32.1 Å². The van der Waals surface area contributed by atoms with E-state index in [2.05, 4.69) is 15.5 Å². The number of hydrogen-bond donors (Lipinski definition) is 2. The van der Waals surface area contributed by atoms with Crippen LogP contribution in [0.4, 0.5) is 0 Å². The highest BCUT2D eigenvalue weighted by molar-refractivity contribution is 5.85. The number of nitrogens with two attached hydrogens (primary N) is 1. The summed E-state index contributed by atoms with van der Waals surface area (Å²) in [7, 11) is 0. The molecule has 0 bridgehead atoms. The maximum atomic E-state index is 12.1. The summed E-state index contributed by atoms with van der Waals surface area (Å²) < 4.78 is 5.23. The van der Waals surface area contributed by atoms with Crippen molar-refractivity contribution >= 4 is 18.3 Å². The van der Waals surface area contributed by atoms with Gasteiger partial charge in [0.1, 0.15) is 0 Å². The Bertz CT molecular complexity index is 522. The lowest BCUT2D eigenvalue weighted by molar-refractivity contribution is -0.123. The number of hydrogen-bond acceptors (Lipinski definition) is 5. The molecule has 3 N–H and O–H groups in total. The average molecular weight is 345 g/mol. The van der Waals surface area contributed by atoms with Crippen molar-refractivity contribution in [2.75, 3.05) is 6.54 Å². The molecule has 1 heterocycles. The molecule has 1 aliphatic rings. The SMILES string of the molecule is CC(C)(C)c1noc(CCCC(=O)NC(C)(CN)C2CC2)n1.Cl. The van der Waals surface area contributed by atoms with Gasteiger partial charge in [-0.2, -0.15) is 4.98 Å². The van der Waals surface area contributed by atoms with Crippen molar-refractivity contribution in [3.8, 4) is 0 Å². The molecule has 1 aliphatic carbocycles. The predicted octanol–water partition coefficient (Wildman–Crippen LogP) is 2.36. The van der Waals surface area contributed by atoms with Crippen LogP contribution in [0.2, 0.25) is 0 Å². The minimum Gasteiger partial charge on any atom is -0.349 e. The van der Waals surface area contributed by atoms with Crippen molar-refractivity contribution in [1.82, 2.24) is 15.5 Å². The highest BCUT2D eigenvalue weighted by Gasteiger charge is 2.41. The first-order valence-corrected chi connectivity index (χ1v) is 8.09. The Morgan fingerprint density at radius 1 is 1.35 bits per heavy atom. The molecule has 23 heavy (non-hydrogen) atoms. The van der Waals surface area contributed by atoms with Gasteiger partial charge >= 0.3 is 0 Å². The molecular formula is C16H29ClN4O2. The van der Waals surface area contributed by atoms with Crippen LogP contribution < -0.4 is 11.1 Å². The molecular weight excluding hydrogens is 316 g/mol. The van der Waals surface area contributed by atoms with Gasteiger partial charge in [0.15, 0.2) is 5.82 Å². The topological polar surface area (TPSA) is 94.0 Å². The van der Waals surface area contributed by atoms with Crippen molar-refractivity contribution in [3.05, 3.63) is 11.7 Å². The zero-order valence-electron chi connectivity index (χ0n) is 14.5. The summed E-state index contributed by atoms with van der Waals surface area (Å²) in [5.41, 5.74) is 5.44. The molecule has 7 heteroatoms. The second kappa shape index (κ2) is 7.62. The standard InChI is InChI=1S/C16H28N4O2.ClH/c1-15(2,3)14-18-13(22-20-14)7-5-6-12(21)19-16(4,10-17)11-8-9-11;/h11H,5-10,17H2,1-4H3,(H,19,21);1H. The summed E-state index contributed by atoms with van der Waals surface area (Å²) in [5.74, 6) is 1.89. The molecule has 1 fully saturated rings. The van der Waals surface area contributed by atoms with E-state index < -0.39 is 0 Å². The van der Waals surface area contributed by atoms with Gasteiger partial charge < -0.3 is 15.6 Å². The van der Waals surface area contributed by atoms with Crippen molar-refractivity contribution in [2.24, 2.45) is 11.7 Å². The summed E-state index contributed by atoms with van der Waals surface area (Å²) in [6, 6.07) is 0. The number of halogens is 1. The fraction of sp³-hybridized carbons (Fsp3) is 0.812. The van der Waals surface area contributed by atoms with Gasteiger partial charge in [0.05, 0.1) is 5.54 Å². The summed E-state index contributed by atoms with van der Waals surface area (Å²) >= 11 is 0. The first kappa shape index (κ1) is 19.9. The molecule has 2 rings (SSSR count).